The number of pyridine rings is 1. The van der Waals surface area contributed by atoms with Crippen LogP contribution in [0.3, 0.4) is 0 Å². The first-order chi connectivity index (χ1) is 14.4. The summed E-state index contributed by atoms with van der Waals surface area (Å²) < 4.78 is 22.5. The zero-order valence-electron chi connectivity index (χ0n) is 18.1. The van der Waals surface area contributed by atoms with E-state index in [9.17, 15) is 9.00 Å². The van der Waals surface area contributed by atoms with Gasteiger partial charge in [0.15, 0.2) is 5.82 Å². The molecule has 10 nitrogen and oxygen atoms in total. The number of carbonyl (C=O) groups is 1. The van der Waals surface area contributed by atoms with E-state index < -0.39 is 21.2 Å². The molecule has 0 spiro atoms. The van der Waals surface area contributed by atoms with Crippen LogP contribution in [-0.4, -0.2) is 61.1 Å². The highest BCUT2D eigenvalue weighted by atomic mass is 32.2. The lowest BCUT2D eigenvalue weighted by atomic mass is 9.73. The Morgan fingerprint density at radius 2 is 2.06 bits per heavy atom. The van der Waals surface area contributed by atoms with Crippen LogP contribution < -0.4 is 10.2 Å². The number of ether oxygens (including phenoxy) is 1. The molecule has 166 valence electrons. The number of nitrogens with zero attached hydrogens (tertiary/aromatic N) is 5. The van der Waals surface area contributed by atoms with Gasteiger partial charge in [0.05, 0.1) is 18.2 Å². The van der Waals surface area contributed by atoms with E-state index in [1.807, 2.05) is 30.9 Å². The lowest BCUT2D eigenvalue weighted by Gasteiger charge is -2.46. The summed E-state index contributed by atoms with van der Waals surface area (Å²) in [4.78, 5) is 26.5. The van der Waals surface area contributed by atoms with E-state index in [-0.39, 0.29) is 17.6 Å². The summed E-state index contributed by atoms with van der Waals surface area (Å²) in [7, 11) is -2.38. The Bertz CT molecular complexity index is 1170. The fourth-order valence-corrected chi connectivity index (χ4v) is 4.73. The van der Waals surface area contributed by atoms with Crippen LogP contribution in [0.2, 0.25) is 0 Å². The number of carboxylic acid groups (broad SMARTS) is 1. The van der Waals surface area contributed by atoms with Crippen molar-refractivity contribution >= 4 is 39.2 Å². The van der Waals surface area contributed by atoms with Gasteiger partial charge in [-0.3, -0.25) is 5.32 Å². The van der Waals surface area contributed by atoms with Gasteiger partial charge in [0.2, 0.25) is 5.95 Å². The Hall–Kier alpha value is -2.79. The van der Waals surface area contributed by atoms with Crippen molar-refractivity contribution in [3.63, 3.8) is 0 Å². The Labute approximate surface area is 181 Å². The fraction of sp³-hybridized carbons (Fsp3) is 0.500. The number of fused-ring (bicyclic) bond motifs is 3. The monoisotopic (exact) mass is 446 g/mol. The molecule has 0 saturated carbocycles. The number of amides is 1. The molecule has 2 aliphatic heterocycles. The predicted octanol–water partition coefficient (Wildman–Crippen LogP) is 3.30. The lowest BCUT2D eigenvalue weighted by molar-refractivity contribution is -0.0893. The first kappa shape index (κ1) is 21.4. The van der Waals surface area contributed by atoms with Crippen LogP contribution in [0.4, 0.5) is 28.2 Å². The largest absolute Gasteiger partial charge is 0.465 e. The Morgan fingerprint density at radius 3 is 2.74 bits per heavy atom. The quantitative estimate of drug-likeness (QED) is 0.734. The number of hydrogen-bond acceptors (Lipinski definition) is 8. The highest BCUT2D eigenvalue weighted by Crippen LogP contribution is 2.52. The predicted molar refractivity (Wildman–Crippen MR) is 118 cm³/mol. The molecule has 2 aromatic rings. The van der Waals surface area contributed by atoms with Gasteiger partial charge >= 0.3 is 6.09 Å². The Morgan fingerprint density at radius 1 is 1.32 bits per heavy atom. The topological polar surface area (TPSA) is 130 Å². The van der Waals surface area contributed by atoms with Crippen LogP contribution in [-0.2, 0) is 19.9 Å². The van der Waals surface area contributed by atoms with Gasteiger partial charge in [-0.2, -0.15) is 9.35 Å². The average molecular weight is 447 g/mol. The highest BCUT2D eigenvalue weighted by molar-refractivity contribution is 7.92. The third-order valence-electron chi connectivity index (χ3n) is 5.61. The summed E-state index contributed by atoms with van der Waals surface area (Å²) in [5, 5.41) is 11.3. The third kappa shape index (κ3) is 4.07. The Kier molecular flexibility index (Phi) is 4.93. The number of hydrogen-bond donors (Lipinski definition) is 2. The molecule has 0 radical (unpaired) electrons. The van der Waals surface area contributed by atoms with Gasteiger partial charge in [-0.05, 0) is 32.4 Å². The molecule has 4 heterocycles. The molecule has 1 fully saturated rings. The average Bonchev–Trinajstić information content (AvgIpc) is 2.87. The number of anilines is 3. The van der Waals surface area contributed by atoms with Crippen molar-refractivity contribution < 1.29 is 18.8 Å². The van der Waals surface area contributed by atoms with Crippen molar-refractivity contribution in [1.82, 2.24) is 15.0 Å². The first-order valence-corrected chi connectivity index (χ1v) is 12.2. The molecule has 2 aromatic heterocycles. The molecule has 4 rings (SSSR count). The van der Waals surface area contributed by atoms with E-state index in [0.717, 1.165) is 5.56 Å². The zero-order chi connectivity index (χ0) is 22.6. The van der Waals surface area contributed by atoms with Crippen molar-refractivity contribution in [3.8, 4) is 0 Å². The molecule has 2 aliphatic rings. The molecule has 2 N–H and O–H groups in total. The molecule has 1 amide bonds. The molecule has 0 aromatic carbocycles. The van der Waals surface area contributed by atoms with Gasteiger partial charge in [0.1, 0.15) is 11.6 Å². The summed E-state index contributed by atoms with van der Waals surface area (Å²) in [5.74, 6) is 1.53. The summed E-state index contributed by atoms with van der Waals surface area (Å²) in [6.07, 6.45) is 4.23. The van der Waals surface area contributed by atoms with Crippen LogP contribution in [0, 0.1) is 0 Å². The number of aromatic nitrogens is 3. The summed E-state index contributed by atoms with van der Waals surface area (Å²) >= 11 is 0. The maximum absolute atomic E-state index is 12.2. The SMILES string of the molecule is CC1(C)C[C@H]2N(c3cccc(N=S(C)(C)=O)n3)c3nc(NC(=O)O)ncc3[C@@]2(C)CO1. The van der Waals surface area contributed by atoms with E-state index in [0.29, 0.717) is 30.5 Å². The fourth-order valence-electron chi connectivity index (χ4n) is 4.18. The summed E-state index contributed by atoms with van der Waals surface area (Å²) in [6, 6.07) is 5.31. The minimum absolute atomic E-state index is 0.00958. The zero-order valence-corrected chi connectivity index (χ0v) is 18.9. The van der Waals surface area contributed by atoms with Crippen molar-refractivity contribution in [2.75, 3.05) is 29.3 Å². The van der Waals surface area contributed by atoms with E-state index in [1.54, 1.807) is 24.8 Å². The normalized spacial score (nSPS) is 24.3. The van der Waals surface area contributed by atoms with E-state index in [2.05, 4.69) is 31.6 Å². The van der Waals surface area contributed by atoms with Crippen LogP contribution in [0.1, 0.15) is 32.8 Å². The molecular weight excluding hydrogens is 420 g/mol. The van der Waals surface area contributed by atoms with Crippen LogP contribution in [0.5, 0.6) is 0 Å². The van der Waals surface area contributed by atoms with Gasteiger partial charge in [-0.15, -0.1) is 0 Å². The smallest absolute Gasteiger partial charge is 0.411 e. The van der Waals surface area contributed by atoms with Gasteiger partial charge < -0.3 is 14.7 Å². The standard InChI is InChI=1S/C20H26N6O4S/c1-19(2)9-13-20(3,11-30-19)12-10-21-17(24-18(27)28)23-16(12)26(13)15-8-6-7-14(22-15)25-31(4,5)29/h6-8,10,13H,9,11H2,1-5H3,(H,27,28)(H,21,23,24)/t13-,20-/m1/s1. The third-order valence-corrected chi connectivity index (χ3v) is 6.23. The van der Waals surface area contributed by atoms with Crippen molar-refractivity contribution in [1.29, 1.82) is 0 Å². The molecule has 0 aliphatic carbocycles. The number of nitrogens with one attached hydrogen (secondary N) is 1. The minimum atomic E-state index is -2.38. The van der Waals surface area contributed by atoms with E-state index in [1.165, 1.54) is 0 Å². The van der Waals surface area contributed by atoms with E-state index in [4.69, 9.17) is 9.84 Å². The molecule has 11 heteroatoms. The maximum Gasteiger partial charge on any atom is 0.411 e. The van der Waals surface area contributed by atoms with Crippen molar-refractivity contribution in [3.05, 3.63) is 30.0 Å². The highest BCUT2D eigenvalue weighted by Gasteiger charge is 2.55. The molecule has 1 saturated heterocycles. The second-order valence-electron chi connectivity index (χ2n) is 9.04. The van der Waals surface area contributed by atoms with E-state index >= 15 is 0 Å². The second kappa shape index (κ2) is 7.13. The first-order valence-electron chi connectivity index (χ1n) is 9.83. The van der Waals surface area contributed by atoms with Gasteiger partial charge in [-0.25, -0.2) is 19.0 Å². The second-order valence-corrected chi connectivity index (χ2v) is 11.6. The molecular formula is C20H26N6O4S. The van der Waals surface area contributed by atoms with Crippen molar-refractivity contribution in [2.24, 2.45) is 4.36 Å². The lowest BCUT2D eigenvalue weighted by Crippen LogP contribution is -2.54. The van der Waals surface area contributed by atoms with Crippen molar-refractivity contribution in [2.45, 2.75) is 44.2 Å². The maximum atomic E-state index is 12.2. The van der Waals surface area contributed by atoms with Crippen LogP contribution >= 0.6 is 0 Å². The minimum Gasteiger partial charge on any atom is -0.465 e. The van der Waals surface area contributed by atoms with Gasteiger partial charge in [0, 0.05) is 39.4 Å². The summed E-state index contributed by atoms with van der Waals surface area (Å²) in [6.45, 7) is 6.64. The number of rotatable bonds is 3. The molecule has 31 heavy (non-hydrogen) atoms. The van der Waals surface area contributed by atoms with Crippen LogP contribution in [0.25, 0.3) is 0 Å². The van der Waals surface area contributed by atoms with Gasteiger partial charge in [0.25, 0.3) is 0 Å². The summed E-state index contributed by atoms with van der Waals surface area (Å²) in [5.41, 5.74) is 0.0936. The molecule has 2 atom stereocenters. The molecule has 0 bridgehead atoms. The van der Waals surface area contributed by atoms with Crippen LogP contribution in [0.15, 0.2) is 28.8 Å². The molecule has 0 unspecified atom stereocenters. The Balaban J connectivity index is 1.89. The van der Waals surface area contributed by atoms with Gasteiger partial charge in [-0.1, -0.05) is 13.0 Å².